The van der Waals surface area contributed by atoms with Crippen LogP contribution in [0.15, 0.2) is 45.9 Å². The van der Waals surface area contributed by atoms with Crippen LogP contribution >= 0.6 is 0 Å². The van der Waals surface area contributed by atoms with E-state index in [0.29, 0.717) is 17.1 Å². The summed E-state index contributed by atoms with van der Waals surface area (Å²) in [4.78, 5) is 14.5. The number of nitrogens with zero attached hydrogens (tertiary/aromatic N) is 2. The third-order valence-corrected chi connectivity index (χ3v) is 6.44. The Bertz CT molecular complexity index is 895. The molecule has 0 bridgehead atoms. The van der Waals surface area contributed by atoms with E-state index >= 15 is 0 Å². The van der Waals surface area contributed by atoms with E-state index in [0.717, 1.165) is 30.2 Å². The molecule has 0 saturated carbocycles. The molecule has 1 amide bonds. The molecule has 0 atom stereocenters. The molecule has 0 unspecified atom stereocenters. The van der Waals surface area contributed by atoms with Gasteiger partial charge in [-0.3, -0.25) is 4.79 Å². The normalized spacial score (nSPS) is 15.5. The van der Waals surface area contributed by atoms with Crippen molar-refractivity contribution >= 4 is 15.9 Å². The predicted octanol–water partition coefficient (Wildman–Crippen LogP) is 3.13. The lowest BCUT2D eigenvalue weighted by molar-refractivity contribution is 0.0761. The van der Waals surface area contributed by atoms with E-state index in [2.05, 4.69) is 0 Å². The van der Waals surface area contributed by atoms with Gasteiger partial charge in [0, 0.05) is 32.7 Å². The van der Waals surface area contributed by atoms with Gasteiger partial charge in [0.15, 0.2) is 0 Å². The third kappa shape index (κ3) is 4.74. The molecule has 28 heavy (non-hydrogen) atoms. The summed E-state index contributed by atoms with van der Waals surface area (Å²) in [5.41, 5.74) is 0.645. The van der Waals surface area contributed by atoms with Gasteiger partial charge in [0.05, 0.1) is 0 Å². The number of furan rings is 1. The highest BCUT2D eigenvalue weighted by Crippen LogP contribution is 2.20. The van der Waals surface area contributed by atoms with Crippen LogP contribution in [0.4, 0.5) is 0 Å². The van der Waals surface area contributed by atoms with Crippen molar-refractivity contribution in [2.24, 2.45) is 0 Å². The molecule has 0 aliphatic carbocycles. The van der Waals surface area contributed by atoms with Gasteiger partial charge >= 0.3 is 0 Å². The highest BCUT2D eigenvalue weighted by atomic mass is 32.2. The van der Waals surface area contributed by atoms with E-state index in [4.69, 9.17) is 9.15 Å². The summed E-state index contributed by atoms with van der Waals surface area (Å²) in [6.45, 7) is 1.73. The highest BCUT2D eigenvalue weighted by Gasteiger charge is 2.21. The van der Waals surface area contributed by atoms with Gasteiger partial charge in [-0.25, -0.2) is 12.7 Å². The smallest absolute Gasteiger partial charge is 0.275 e. The van der Waals surface area contributed by atoms with Crippen LogP contribution in [0.1, 0.15) is 41.8 Å². The summed E-state index contributed by atoms with van der Waals surface area (Å²) in [5.74, 6) is 1.05. The first-order valence-corrected chi connectivity index (χ1v) is 10.9. The van der Waals surface area contributed by atoms with Crippen molar-refractivity contribution in [1.29, 1.82) is 0 Å². The Balaban J connectivity index is 1.59. The molecule has 8 heteroatoms. The molecule has 1 aromatic heterocycles. The number of rotatable bonds is 6. The zero-order valence-electron chi connectivity index (χ0n) is 16.3. The lowest BCUT2D eigenvalue weighted by Crippen LogP contribution is -2.31. The van der Waals surface area contributed by atoms with E-state index in [-0.39, 0.29) is 17.6 Å². The number of benzene rings is 1. The third-order valence-electron chi connectivity index (χ3n) is 4.75. The zero-order chi connectivity index (χ0) is 20.1. The molecular formula is C20H26N2O5S. The molecule has 3 rings (SSSR count). The van der Waals surface area contributed by atoms with Gasteiger partial charge in [-0.1, -0.05) is 12.8 Å². The van der Waals surface area contributed by atoms with E-state index < -0.39 is 10.0 Å². The SMILES string of the molecule is CN(C)S(=O)(=O)c1ccc(COc2ccc(C(=O)N3CCCCCC3)cc2)o1. The number of hydrogen-bond acceptors (Lipinski definition) is 5. The van der Waals surface area contributed by atoms with Gasteiger partial charge in [-0.2, -0.15) is 0 Å². The predicted molar refractivity (Wildman–Crippen MR) is 105 cm³/mol. The molecular weight excluding hydrogens is 380 g/mol. The van der Waals surface area contributed by atoms with Crippen LogP contribution in [0, 0.1) is 0 Å². The van der Waals surface area contributed by atoms with Gasteiger partial charge < -0.3 is 14.1 Å². The molecule has 0 N–H and O–H groups in total. The molecule has 1 fully saturated rings. The molecule has 1 aliphatic rings. The van der Waals surface area contributed by atoms with E-state index in [1.807, 2.05) is 4.90 Å². The van der Waals surface area contributed by atoms with Crippen molar-refractivity contribution in [2.75, 3.05) is 27.2 Å². The Kier molecular flexibility index (Phi) is 6.41. The molecule has 1 saturated heterocycles. The van der Waals surface area contributed by atoms with Gasteiger partial charge in [0.2, 0.25) is 5.09 Å². The molecule has 2 aromatic rings. The summed E-state index contributed by atoms with van der Waals surface area (Å²) < 4.78 is 36.2. The Labute approximate surface area is 165 Å². The van der Waals surface area contributed by atoms with E-state index in [9.17, 15) is 13.2 Å². The first-order chi connectivity index (χ1) is 13.4. The number of ether oxygens (including phenoxy) is 1. The summed E-state index contributed by atoms with van der Waals surface area (Å²) >= 11 is 0. The minimum Gasteiger partial charge on any atom is -0.486 e. The van der Waals surface area contributed by atoms with Crippen molar-refractivity contribution in [2.45, 2.75) is 37.4 Å². The Morgan fingerprint density at radius 2 is 1.68 bits per heavy atom. The summed E-state index contributed by atoms with van der Waals surface area (Å²) in [7, 11) is -0.705. The molecule has 2 heterocycles. The summed E-state index contributed by atoms with van der Waals surface area (Å²) in [5, 5.41) is -0.116. The first kappa shape index (κ1) is 20.4. The van der Waals surface area contributed by atoms with Gasteiger partial charge in [0.1, 0.15) is 18.1 Å². The number of carbonyl (C=O) groups excluding carboxylic acids is 1. The van der Waals surface area contributed by atoms with Crippen LogP contribution in [0.5, 0.6) is 5.75 Å². The van der Waals surface area contributed by atoms with Crippen molar-refractivity contribution in [3.8, 4) is 5.75 Å². The average Bonchev–Trinajstić information content (AvgIpc) is 3.01. The van der Waals surface area contributed by atoms with E-state index in [1.54, 1.807) is 30.3 Å². The Hall–Kier alpha value is -2.32. The standard InChI is InChI=1S/C20H26N2O5S/c1-21(2)28(24,25)19-12-11-18(27-19)15-26-17-9-7-16(8-10-17)20(23)22-13-5-3-4-6-14-22/h7-12H,3-6,13-15H2,1-2H3. The number of carbonyl (C=O) groups is 1. The van der Waals surface area contributed by atoms with Gasteiger partial charge in [0.25, 0.3) is 15.9 Å². The molecule has 7 nitrogen and oxygen atoms in total. The summed E-state index contributed by atoms with van der Waals surface area (Å²) in [6, 6.07) is 9.99. The summed E-state index contributed by atoms with van der Waals surface area (Å²) in [6.07, 6.45) is 4.48. The fourth-order valence-corrected chi connectivity index (χ4v) is 3.87. The van der Waals surface area contributed by atoms with Crippen molar-refractivity contribution < 1.29 is 22.4 Å². The van der Waals surface area contributed by atoms with Crippen molar-refractivity contribution in [3.63, 3.8) is 0 Å². The molecule has 1 aromatic carbocycles. The topological polar surface area (TPSA) is 80.1 Å². The largest absolute Gasteiger partial charge is 0.486 e. The maximum atomic E-state index is 12.6. The Morgan fingerprint density at radius 3 is 2.29 bits per heavy atom. The van der Waals surface area contributed by atoms with Crippen LogP contribution in [-0.2, 0) is 16.6 Å². The van der Waals surface area contributed by atoms with Crippen LogP contribution in [-0.4, -0.2) is 50.7 Å². The average molecular weight is 407 g/mol. The molecule has 152 valence electrons. The van der Waals surface area contributed by atoms with Crippen molar-refractivity contribution in [1.82, 2.24) is 9.21 Å². The number of hydrogen-bond donors (Lipinski definition) is 0. The second kappa shape index (κ2) is 8.79. The Morgan fingerprint density at radius 1 is 1.04 bits per heavy atom. The lowest BCUT2D eigenvalue weighted by Gasteiger charge is -2.20. The maximum absolute atomic E-state index is 12.6. The molecule has 0 radical (unpaired) electrons. The van der Waals surface area contributed by atoms with Gasteiger partial charge in [-0.05, 0) is 49.2 Å². The number of sulfonamides is 1. The van der Waals surface area contributed by atoms with Crippen LogP contribution < -0.4 is 4.74 Å². The monoisotopic (exact) mass is 406 g/mol. The second-order valence-electron chi connectivity index (χ2n) is 7.03. The first-order valence-electron chi connectivity index (χ1n) is 9.41. The minimum atomic E-state index is -3.60. The minimum absolute atomic E-state index is 0.0537. The zero-order valence-corrected chi connectivity index (χ0v) is 17.1. The van der Waals surface area contributed by atoms with Crippen LogP contribution in [0.2, 0.25) is 0 Å². The van der Waals surface area contributed by atoms with Crippen LogP contribution in [0.25, 0.3) is 0 Å². The number of likely N-dealkylation sites (tertiary alicyclic amines) is 1. The quantitative estimate of drug-likeness (QED) is 0.736. The van der Waals surface area contributed by atoms with Crippen molar-refractivity contribution in [3.05, 3.63) is 47.7 Å². The fraction of sp³-hybridized carbons (Fsp3) is 0.450. The molecule has 1 aliphatic heterocycles. The van der Waals surface area contributed by atoms with E-state index in [1.165, 1.54) is 33.0 Å². The van der Waals surface area contributed by atoms with Crippen LogP contribution in [0.3, 0.4) is 0 Å². The number of amides is 1. The lowest BCUT2D eigenvalue weighted by atomic mass is 10.2. The maximum Gasteiger partial charge on any atom is 0.275 e. The second-order valence-corrected chi connectivity index (χ2v) is 9.11. The fourth-order valence-electron chi connectivity index (χ4n) is 3.06. The highest BCUT2D eigenvalue weighted by molar-refractivity contribution is 7.88. The van der Waals surface area contributed by atoms with Gasteiger partial charge in [-0.15, -0.1) is 0 Å². The molecule has 0 spiro atoms.